The molecule has 0 N–H and O–H groups in total. The standard InChI is InChI=1S/C20H19F3N4O2/c1-3-28-19-18(29-15-8-6-14(7-9-15)20(21,22)23)12(2)27(26-19)17-11-10-16(24-25-17)13-4-5-13/h6-11,13H,3-5H2,1-2H3. The van der Waals surface area contributed by atoms with Crippen LogP contribution in [0.4, 0.5) is 13.2 Å². The molecule has 1 saturated carbocycles. The Morgan fingerprint density at radius 3 is 2.34 bits per heavy atom. The molecule has 1 aliphatic carbocycles. The molecule has 2 aromatic heterocycles. The minimum atomic E-state index is -4.40. The van der Waals surface area contributed by atoms with Crippen LogP contribution in [-0.4, -0.2) is 26.6 Å². The van der Waals surface area contributed by atoms with Crippen LogP contribution < -0.4 is 9.47 Å². The maximum Gasteiger partial charge on any atom is 0.416 e. The third kappa shape index (κ3) is 4.03. The second-order valence-electron chi connectivity index (χ2n) is 6.78. The number of nitrogens with zero attached hydrogens (tertiary/aromatic N) is 4. The summed E-state index contributed by atoms with van der Waals surface area (Å²) in [5, 5.41) is 12.9. The maximum atomic E-state index is 12.8. The van der Waals surface area contributed by atoms with E-state index < -0.39 is 11.7 Å². The van der Waals surface area contributed by atoms with Crippen LogP contribution in [0, 0.1) is 6.92 Å². The molecular weight excluding hydrogens is 385 g/mol. The van der Waals surface area contributed by atoms with Crippen molar-refractivity contribution in [1.82, 2.24) is 20.0 Å². The first-order valence-corrected chi connectivity index (χ1v) is 9.28. The molecule has 152 valence electrons. The van der Waals surface area contributed by atoms with Gasteiger partial charge in [0.2, 0.25) is 5.75 Å². The summed E-state index contributed by atoms with van der Waals surface area (Å²) in [7, 11) is 0. The monoisotopic (exact) mass is 404 g/mol. The minimum absolute atomic E-state index is 0.234. The molecule has 1 fully saturated rings. The third-order valence-corrected chi connectivity index (χ3v) is 4.60. The van der Waals surface area contributed by atoms with Crippen molar-refractivity contribution in [3.05, 3.63) is 53.3 Å². The van der Waals surface area contributed by atoms with Crippen molar-refractivity contribution in [2.24, 2.45) is 0 Å². The van der Waals surface area contributed by atoms with Crippen molar-refractivity contribution in [3.63, 3.8) is 0 Å². The van der Waals surface area contributed by atoms with E-state index in [0.717, 1.165) is 30.7 Å². The average molecular weight is 404 g/mol. The Balaban J connectivity index is 1.63. The number of aromatic nitrogens is 4. The summed E-state index contributed by atoms with van der Waals surface area (Å²) >= 11 is 0. The number of benzene rings is 1. The van der Waals surface area contributed by atoms with Crippen LogP contribution in [0.5, 0.6) is 17.4 Å². The molecule has 1 aromatic carbocycles. The Labute approximate surface area is 165 Å². The number of hydrogen-bond donors (Lipinski definition) is 0. The number of rotatable bonds is 6. The summed E-state index contributed by atoms with van der Waals surface area (Å²) < 4.78 is 51.2. The quantitative estimate of drug-likeness (QED) is 0.575. The first-order valence-electron chi connectivity index (χ1n) is 9.28. The molecular formula is C20H19F3N4O2. The SMILES string of the molecule is CCOc1nn(-c2ccc(C3CC3)nn2)c(C)c1Oc1ccc(C(F)(F)F)cc1. The molecule has 0 saturated heterocycles. The largest absolute Gasteiger partial charge is 0.474 e. The van der Waals surface area contributed by atoms with Crippen LogP contribution in [0.1, 0.15) is 42.6 Å². The van der Waals surface area contributed by atoms with Crippen LogP contribution in [0.2, 0.25) is 0 Å². The first-order chi connectivity index (χ1) is 13.9. The second-order valence-corrected chi connectivity index (χ2v) is 6.78. The summed E-state index contributed by atoms with van der Waals surface area (Å²) in [5.74, 6) is 1.80. The average Bonchev–Trinajstić information content (AvgIpc) is 3.50. The maximum absolute atomic E-state index is 12.8. The number of hydrogen-bond acceptors (Lipinski definition) is 5. The van der Waals surface area contributed by atoms with Gasteiger partial charge in [0, 0.05) is 5.92 Å². The van der Waals surface area contributed by atoms with Crippen LogP contribution in [0.25, 0.3) is 5.82 Å². The van der Waals surface area contributed by atoms with Gasteiger partial charge in [-0.05, 0) is 63.1 Å². The minimum Gasteiger partial charge on any atom is -0.474 e. The molecule has 29 heavy (non-hydrogen) atoms. The Morgan fingerprint density at radius 1 is 1.07 bits per heavy atom. The van der Waals surface area contributed by atoms with E-state index in [1.54, 1.807) is 18.5 Å². The van der Waals surface area contributed by atoms with E-state index in [-0.39, 0.29) is 11.6 Å². The molecule has 2 heterocycles. The van der Waals surface area contributed by atoms with E-state index >= 15 is 0 Å². The van der Waals surface area contributed by atoms with Crippen LogP contribution in [-0.2, 0) is 6.18 Å². The van der Waals surface area contributed by atoms with E-state index in [9.17, 15) is 13.2 Å². The Hall–Kier alpha value is -3.10. The molecule has 0 atom stereocenters. The van der Waals surface area contributed by atoms with Gasteiger partial charge in [-0.15, -0.1) is 10.2 Å². The zero-order valence-corrected chi connectivity index (χ0v) is 15.9. The smallest absolute Gasteiger partial charge is 0.416 e. The summed E-state index contributed by atoms with van der Waals surface area (Å²) in [6.45, 7) is 3.93. The number of alkyl halides is 3. The van der Waals surface area contributed by atoms with Crippen molar-refractivity contribution in [1.29, 1.82) is 0 Å². The van der Waals surface area contributed by atoms with Crippen molar-refractivity contribution in [2.45, 2.75) is 38.8 Å². The predicted molar refractivity (Wildman–Crippen MR) is 98.6 cm³/mol. The highest BCUT2D eigenvalue weighted by Gasteiger charge is 2.30. The molecule has 0 spiro atoms. The fraction of sp³-hybridized carbons (Fsp3) is 0.350. The Kier molecular flexibility index (Phi) is 4.89. The molecule has 6 nitrogen and oxygen atoms in total. The molecule has 4 rings (SSSR count). The van der Waals surface area contributed by atoms with E-state index in [1.807, 2.05) is 12.1 Å². The fourth-order valence-corrected chi connectivity index (χ4v) is 2.91. The summed E-state index contributed by atoms with van der Waals surface area (Å²) in [4.78, 5) is 0. The lowest BCUT2D eigenvalue weighted by Gasteiger charge is -2.10. The Bertz CT molecular complexity index is 994. The van der Waals surface area contributed by atoms with Crippen LogP contribution in [0.3, 0.4) is 0 Å². The van der Waals surface area contributed by atoms with Crippen molar-refractivity contribution >= 4 is 0 Å². The van der Waals surface area contributed by atoms with E-state index in [4.69, 9.17) is 9.47 Å². The van der Waals surface area contributed by atoms with Crippen molar-refractivity contribution in [2.75, 3.05) is 6.61 Å². The lowest BCUT2D eigenvalue weighted by Crippen LogP contribution is -2.05. The summed E-state index contributed by atoms with van der Waals surface area (Å²) in [6.07, 6.45) is -2.13. The summed E-state index contributed by atoms with van der Waals surface area (Å²) in [6, 6.07) is 8.23. The molecule has 0 radical (unpaired) electrons. The highest BCUT2D eigenvalue weighted by molar-refractivity contribution is 5.45. The van der Waals surface area contributed by atoms with Gasteiger partial charge < -0.3 is 9.47 Å². The van der Waals surface area contributed by atoms with Gasteiger partial charge in [0.25, 0.3) is 5.88 Å². The third-order valence-electron chi connectivity index (χ3n) is 4.60. The topological polar surface area (TPSA) is 62.1 Å². The van der Waals surface area contributed by atoms with Gasteiger partial charge in [-0.1, -0.05) is 0 Å². The normalized spacial score (nSPS) is 14.1. The van der Waals surface area contributed by atoms with Gasteiger partial charge in [-0.25, -0.2) is 4.68 Å². The molecule has 9 heteroatoms. The van der Waals surface area contributed by atoms with E-state index in [0.29, 0.717) is 29.8 Å². The van der Waals surface area contributed by atoms with E-state index in [1.165, 1.54) is 12.1 Å². The highest BCUT2D eigenvalue weighted by atomic mass is 19.4. The molecule has 1 aliphatic rings. The van der Waals surface area contributed by atoms with Gasteiger partial charge >= 0.3 is 6.18 Å². The lowest BCUT2D eigenvalue weighted by atomic mass is 10.2. The van der Waals surface area contributed by atoms with Gasteiger partial charge in [0.1, 0.15) is 5.75 Å². The molecule has 0 unspecified atom stereocenters. The molecule has 0 amide bonds. The lowest BCUT2D eigenvalue weighted by molar-refractivity contribution is -0.137. The zero-order chi connectivity index (χ0) is 20.6. The van der Waals surface area contributed by atoms with Gasteiger partial charge in [-0.2, -0.15) is 18.3 Å². The fourth-order valence-electron chi connectivity index (χ4n) is 2.91. The summed E-state index contributed by atoms with van der Waals surface area (Å²) in [5.41, 5.74) is 0.819. The van der Waals surface area contributed by atoms with E-state index in [2.05, 4.69) is 15.3 Å². The zero-order valence-electron chi connectivity index (χ0n) is 15.9. The highest BCUT2D eigenvalue weighted by Crippen LogP contribution is 2.39. The predicted octanol–water partition coefficient (Wildman–Crippen LogP) is 5.06. The molecule has 0 aliphatic heterocycles. The second kappa shape index (κ2) is 7.38. The van der Waals surface area contributed by atoms with Crippen LogP contribution >= 0.6 is 0 Å². The van der Waals surface area contributed by atoms with Crippen LogP contribution in [0.15, 0.2) is 36.4 Å². The number of halogens is 3. The van der Waals surface area contributed by atoms with Gasteiger partial charge in [0.05, 0.1) is 23.6 Å². The van der Waals surface area contributed by atoms with Crippen molar-refractivity contribution in [3.8, 4) is 23.2 Å². The molecule has 3 aromatic rings. The first kappa shape index (κ1) is 19.2. The Morgan fingerprint density at radius 2 is 1.79 bits per heavy atom. The van der Waals surface area contributed by atoms with Gasteiger partial charge in [0.15, 0.2) is 5.82 Å². The van der Waals surface area contributed by atoms with Gasteiger partial charge in [-0.3, -0.25) is 0 Å². The van der Waals surface area contributed by atoms with Crippen molar-refractivity contribution < 1.29 is 22.6 Å². The number of ether oxygens (including phenoxy) is 2. The molecule has 0 bridgehead atoms.